The van der Waals surface area contributed by atoms with Crippen LogP contribution in [0.2, 0.25) is 0 Å². The molecule has 0 spiro atoms. The van der Waals surface area contributed by atoms with Gasteiger partial charge in [0, 0.05) is 31.5 Å². The van der Waals surface area contributed by atoms with Crippen LogP contribution in [0.3, 0.4) is 0 Å². The van der Waals surface area contributed by atoms with Gasteiger partial charge in [-0.2, -0.15) is 0 Å². The van der Waals surface area contributed by atoms with Gasteiger partial charge in [0.05, 0.1) is 5.56 Å². The van der Waals surface area contributed by atoms with Gasteiger partial charge in [0.15, 0.2) is 6.61 Å². The number of benzene rings is 1. The third kappa shape index (κ3) is 5.59. The number of piperidine rings is 1. The molecular weight excluding hydrogens is 378 g/mol. The number of carbonyl (C=O) groups is 2. The van der Waals surface area contributed by atoms with Crippen LogP contribution in [0.15, 0.2) is 42.7 Å². The van der Waals surface area contributed by atoms with E-state index >= 15 is 0 Å². The molecule has 6 heteroatoms. The first-order valence-corrected chi connectivity index (χ1v) is 10.5. The zero-order chi connectivity index (χ0) is 21.7. The van der Waals surface area contributed by atoms with E-state index < -0.39 is 0 Å². The Morgan fingerprint density at radius 1 is 1.20 bits per heavy atom. The summed E-state index contributed by atoms with van der Waals surface area (Å²) in [5, 5.41) is 3.04. The lowest BCUT2D eigenvalue weighted by atomic mass is 9.85. The van der Waals surface area contributed by atoms with Crippen LogP contribution in [0.5, 0.6) is 5.75 Å². The summed E-state index contributed by atoms with van der Waals surface area (Å²) in [6.45, 7) is 9.68. The van der Waals surface area contributed by atoms with Gasteiger partial charge in [-0.05, 0) is 48.9 Å². The average Bonchev–Trinajstić information content (AvgIpc) is 2.73. The lowest BCUT2D eigenvalue weighted by Gasteiger charge is -2.32. The van der Waals surface area contributed by atoms with Crippen molar-refractivity contribution in [1.29, 1.82) is 0 Å². The van der Waals surface area contributed by atoms with Crippen molar-refractivity contribution in [2.45, 2.75) is 52.0 Å². The highest BCUT2D eigenvalue weighted by Crippen LogP contribution is 2.32. The maximum atomic E-state index is 12.5. The molecule has 3 rings (SSSR count). The van der Waals surface area contributed by atoms with E-state index in [-0.39, 0.29) is 29.9 Å². The van der Waals surface area contributed by atoms with Gasteiger partial charge in [-0.3, -0.25) is 14.6 Å². The summed E-state index contributed by atoms with van der Waals surface area (Å²) in [5.74, 6) is 0.609. The van der Waals surface area contributed by atoms with E-state index in [1.165, 1.54) is 5.56 Å². The molecule has 0 bridgehead atoms. The molecule has 2 heterocycles. The lowest BCUT2D eigenvalue weighted by molar-refractivity contribution is -0.124. The fourth-order valence-corrected chi connectivity index (χ4v) is 3.67. The number of hydrogen-bond donors (Lipinski definition) is 1. The quantitative estimate of drug-likeness (QED) is 0.821. The standard InChI is InChI=1S/C24H31N3O3/c1-17-7-8-21(20(14-17)24(2,3)4)30-16-22(28)26-19-9-12-27(13-10-19)23(29)18-6-5-11-25-15-18/h5-8,11,14-15,19H,9-10,12-13,16H2,1-4H3,(H,26,28). The first kappa shape index (κ1) is 21.8. The molecule has 1 saturated heterocycles. The fourth-order valence-electron chi connectivity index (χ4n) is 3.67. The lowest BCUT2D eigenvalue weighted by Crippen LogP contribution is -2.47. The highest BCUT2D eigenvalue weighted by Gasteiger charge is 2.25. The Morgan fingerprint density at radius 3 is 2.57 bits per heavy atom. The second kappa shape index (κ2) is 9.28. The number of aromatic nitrogens is 1. The van der Waals surface area contributed by atoms with E-state index in [9.17, 15) is 9.59 Å². The minimum absolute atomic E-state index is 0.00899. The number of nitrogens with zero attached hydrogens (tertiary/aromatic N) is 2. The van der Waals surface area contributed by atoms with Gasteiger partial charge in [-0.1, -0.05) is 38.5 Å². The summed E-state index contributed by atoms with van der Waals surface area (Å²) in [6.07, 6.45) is 4.71. The number of ether oxygens (including phenoxy) is 1. The van der Waals surface area contributed by atoms with E-state index in [1.54, 1.807) is 24.5 Å². The molecule has 1 aromatic heterocycles. The highest BCUT2D eigenvalue weighted by atomic mass is 16.5. The first-order valence-electron chi connectivity index (χ1n) is 10.5. The largest absolute Gasteiger partial charge is 0.483 e. The summed E-state index contributed by atoms with van der Waals surface area (Å²) < 4.78 is 5.86. The summed E-state index contributed by atoms with van der Waals surface area (Å²) in [7, 11) is 0. The highest BCUT2D eigenvalue weighted by molar-refractivity contribution is 5.93. The zero-order valence-electron chi connectivity index (χ0n) is 18.3. The molecule has 2 amide bonds. The Hall–Kier alpha value is -2.89. The first-order chi connectivity index (χ1) is 14.2. The molecule has 0 saturated carbocycles. The van der Waals surface area contributed by atoms with Gasteiger partial charge >= 0.3 is 0 Å². The van der Waals surface area contributed by atoms with Gasteiger partial charge in [0.25, 0.3) is 11.8 Å². The van der Waals surface area contributed by atoms with Crippen LogP contribution < -0.4 is 10.1 Å². The molecule has 0 radical (unpaired) electrons. The van der Waals surface area contributed by atoms with Crippen molar-refractivity contribution in [2.24, 2.45) is 0 Å². The maximum Gasteiger partial charge on any atom is 0.258 e. The molecule has 1 fully saturated rings. The molecule has 1 aliphatic heterocycles. The van der Waals surface area contributed by atoms with Gasteiger partial charge in [-0.15, -0.1) is 0 Å². The van der Waals surface area contributed by atoms with Gasteiger partial charge in [0.2, 0.25) is 0 Å². The Kier molecular flexibility index (Phi) is 6.75. The number of pyridine rings is 1. The van der Waals surface area contributed by atoms with Crippen molar-refractivity contribution >= 4 is 11.8 Å². The van der Waals surface area contributed by atoms with Crippen molar-refractivity contribution in [3.8, 4) is 5.75 Å². The monoisotopic (exact) mass is 409 g/mol. The second-order valence-electron chi connectivity index (χ2n) is 8.91. The van der Waals surface area contributed by atoms with E-state index in [4.69, 9.17) is 4.74 Å². The van der Waals surface area contributed by atoms with E-state index in [0.29, 0.717) is 18.7 Å². The summed E-state index contributed by atoms with van der Waals surface area (Å²) in [6, 6.07) is 9.64. The van der Waals surface area contributed by atoms with Gasteiger partial charge < -0.3 is 15.0 Å². The van der Waals surface area contributed by atoms with Crippen molar-refractivity contribution in [2.75, 3.05) is 19.7 Å². The van der Waals surface area contributed by atoms with Gasteiger partial charge in [0.1, 0.15) is 5.75 Å². The molecule has 160 valence electrons. The topological polar surface area (TPSA) is 71.5 Å². The molecule has 2 aromatic rings. The molecule has 0 unspecified atom stereocenters. The Balaban J connectivity index is 1.49. The molecular formula is C24H31N3O3. The normalized spacial score (nSPS) is 15.0. The van der Waals surface area contributed by atoms with E-state index in [1.807, 2.05) is 17.0 Å². The SMILES string of the molecule is Cc1ccc(OCC(=O)NC2CCN(C(=O)c3cccnc3)CC2)c(C(C)(C)C)c1. The molecule has 1 N–H and O–H groups in total. The summed E-state index contributed by atoms with van der Waals surface area (Å²) >= 11 is 0. The molecule has 6 nitrogen and oxygen atoms in total. The molecule has 0 atom stereocenters. The number of aryl methyl sites for hydroxylation is 1. The number of carbonyl (C=O) groups excluding carboxylic acids is 2. The smallest absolute Gasteiger partial charge is 0.258 e. The Labute approximate surface area is 178 Å². The minimum Gasteiger partial charge on any atom is -0.483 e. The van der Waals surface area contributed by atoms with Crippen molar-refractivity contribution < 1.29 is 14.3 Å². The van der Waals surface area contributed by atoms with Gasteiger partial charge in [-0.25, -0.2) is 0 Å². The van der Waals surface area contributed by atoms with E-state index in [2.05, 4.69) is 44.1 Å². The number of rotatable bonds is 5. The maximum absolute atomic E-state index is 12.5. The summed E-state index contributed by atoms with van der Waals surface area (Å²) in [4.78, 5) is 30.8. The Morgan fingerprint density at radius 2 is 1.93 bits per heavy atom. The third-order valence-corrected chi connectivity index (χ3v) is 5.36. The van der Waals surface area contributed by atoms with Crippen LogP contribution in [0, 0.1) is 6.92 Å². The second-order valence-corrected chi connectivity index (χ2v) is 8.91. The molecule has 30 heavy (non-hydrogen) atoms. The van der Waals surface area contributed by atoms with Crippen LogP contribution in [0.4, 0.5) is 0 Å². The van der Waals surface area contributed by atoms with Crippen LogP contribution in [0.1, 0.15) is 55.1 Å². The van der Waals surface area contributed by atoms with Crippen molar-refractivity contribution in [3.63, 3.8) is 0 Å². The number of nitrogens with one attached hydrogen (secondary N) is 1. The third-order valence-electron chi connectivity index (χ3n) is 5.36. The number of amides is 2. The molecule has 0 aliphatic carbocycles. The molecule has 1 aliphatic rings. The Bertz CT molecular complexity index is 882. The zero-order valence-corrected chi connectivity index (χ0v) is 18.3. The van der Waals surface area contributed by atoms with Crippen LogP contribution in [-0.4, -0.2) is 47.4 Å². The van der Waals surface area contributed by atoms with Crippen LogP contribution in [-0.2, 0) is 10.2 Å². The average molecular weight is 410 g/mol. The van der Waals surface area contributed by atoms with Crippen molar-refractivity contribution in [1.82, 2.24) is 15.2 Å². The van der Waals surface area contributed by atoms with Crippen LogP contribution in [0.25, 0.3) is 0 Å². The number of likely N-dealkylation sites (tertiary alicyclic amines) is 1. The minimum atomic E-state index is -0.132. The van der Waals surface area contributed by atoms with Crippen molar-refractivity contribution in [3.05, 3.63) is 59.4 Å². The van der Waals surface area contributed by atoms with Crippen LogP contribution >= 0.6 is 0 Å². The predicted molar refractivity (Wildman–Crippen MR) is 117 cm³/mol. The fraction of sp³-hybridized carbons (Fsp3) is 0.458. The molecule has 1 aromatic carbocycles. The van der Waals surface area contributed by atoms with E-state index in [0.717, 1.165) is 24.2 Å². The summed E-state index contributed by atoms with van der Waals surface area (Å²) in [5.41, 5.74) is 2.80. The number of hydrogen-bond acceptors (Lipinski definition) is 4. The predicted octanol–water partition coefficient (Wildman–Crippen LogP) is 3.49.